The van der Waals surface area contributed by atoms with Gasteiger partial charge >= 0.3 is 0 Å². The number of aryl methyl sites for hydroxylation is 4. The summed E-state index contributed by atoms with van der Waals surface area (Å²) in [7, 11) is 1.98. The quantitative estimate of drug-likeness (QED) is 0.272. The molecule has 0 fully saturated rings. The minimum Gasteiger partial charge on any atom is -0.506 e. The highest BCUT2D eigenvalue weighted by Crippen LogP contribution is 2.39. The smallest absolute Gasteiger partial charge is 0.144 e. The molecule has 6 aromatic rings. The maximum Gasteiger partial charge on any atom is 0.144 e. The first kappa shape index (κ1) is 23.6. The van der Waals surface area contributed by atoms with Crippen LogP contribution in [0.1, 0.15) is 16.7 Å². The van der Waals surface area contributed by atoms with Gasteiger partial charge in [-0.1, -0.05) is 35.9 Å². The van der Waals surface area contributed by atoms with E-state index in [2.05, 4.69) is 79.3 Å². The Labute approximate surface area is 222 Å². The number of para-hydroxylation sites is 1. The van der Waals surface area contributed by atoms with Gasteiger partial charge in [-0.2, -0.15) is 0 Å². The summed E-state index contributed by atoms with van der Waals surface area (Å²) in [4.78, 5) is 13.7. The van der Waals surface area contributed by atoms with Crippen molar-refractivity contribution in [3.05, 3.63) is 108 Å². The number of fused-ring (bicyclic) bond motifs is 1. The fraction of sp³-hybridized carbons (Fsp3) is 0.121. The molecule has 0 aliphatic rings. The summed E-state index contributed by atoms with van der Waals surface area (Å²) < 4.78 is 2.02. The van der Waals surface area contributed by atoms with Gasteiger partial charge in [0, 0.05) is 30.6 Å². The fourth-order valence-corrected chi connectivity index (χ4v) is 5.51. The van der Waals surface area contributed by atoms with E-state index in [0.29, 0.717) is 11.4 Å². The molecule has 0 bridgehead atoms. The maximum absolute atomic E-state index is 10.5. The Balaban J connectivity index is 1.62. The van der Waals surface area contributed by atoms with E-state index in [1.807, 2.05) is 36.0 Å². The molecule has 0 radical (unpaired) electrons. The number of benzene rings is 3. The molecule has 1 N–H and O–H groups in total. The second-order valence-corrected chi connectivity index (χ2v) is 9.85. The van der Waals surface area contributed by atoms with E-state index in [-0.39, 0.29) is 5.75 Å². The lowest BCUT2D eigenvalue weighted by molar-refractivity contribution is 0.474. The van der Waals surface area contributed by atoms with E-state index in [9.17, 15) is 5.11 Å². The number of aromatic hydroxyl groups is 1. The molecule has 0 spiro atoms. The molecule has 0 amide bonds. The van der Waals surface area contributed by atoms with Crippen molar-refractivity contribution in [2.75, 3.05) is 0 Å². The van der Waals surface area contributed by atoms with Crippen molar-refractivity contribution >= 4 is 11.0 Å². The zero-order valence-corrected chi connectivity index (χ0v) is 21.9. The van der Waals surface area contributed by atoms with Crippen LogP contribution in [0, 0.1) is 20.8 Å². The molecule has 3 aromatic heterocycles. The van der Waals surface area contributed by atoms with Gasteiger partial charge in [-0.25, -0.2) is 4.98 Å². The highest BCUT2D eigenvalue weighted by molar-refractivity contribution is 5.96. The summed E-state index contributed by atoms with van der Waals surface area (Å²) >= 11 is 0. The van der Waals surface area contributed by atoms with Crippen LogP contribution in [0.2, 0.25) is 0 Å². The van der Waals surface area contributed by atoms with Gasteiger partial charge in [0.15, 0.2) is 0 Å². The van der Waals surface area contributed by atoms with Crippen molar-refractivity contribution in [3.8, 4) is 50.6 Å². The van der Waals surface area contributed by atoms with Crippen molar-refractivity contribution in [3.63, 3.8) is 0 Å². The molecule has 6 rings (SSSR count). The third-order valence-corrected chi connectivity index (χ3v) is 7.12. The van der Waals surface area contributed by atoms with Crippen molar-refractivity contribution in [1.82, 2.24) is 19.5 Å². The molecule has 186 valence electrons. The zero-order valence-electron chi connectivity index (χ0n) is 21.9. The van der Waals surface area contributed by atoms with Crippen LogP contribution in [0.4, 0.5) is 0 Å². The van der Waals surface area contributed by atoms with Crippen molar-refractivity contribution in [2.24, 2.45) is 7.05 Å². The van der Waals surface area contributed by atoms with Crippen molar-refractivity contribution in [1.29, 1.82) is 0 Å². The first-order chi connectivity index (χ1) is 18.4. The summed E-state index contributed by atoms with van der Waals surface area (Å²) in [5.74, 6) is 0.802. The molecule has 0 saturated carbocycles. The maximum atomic E-state index is 10.5. The van der Waals surface area contributed by atoms with Crippen molar-refractivity contribution < 1.29 is 5.11 Å². The molecule has 0 unspecified atom stereocenters. The molecular weight excluding hydrogens is 468 g/mol. The van der Waals surface area contributed by atoms with E-state index in [1.165, 1.54) is 28.5 Å². The Morgan fingerprint density at radius 2 is 1.50 bits per heavy atom. The van der Waals surface area contributed by atoms with Gasteiger partial charge in [-0.15, -0.1) is 0 Å². The number of imidazole rings is 1. The Kier molecular flexibility index (Phi) is 5.76. The molecule has 3 heterocycles. The summed E-state index contributed by atoms with van der Waals surface area (Å²) in [6, 6.07) is 25.2. The van der Waals surface area contributed by atoms with E-state index >= 15 is 0 Å². The monoisotopic (exact) mass is 496 g/mol. The van der Waals surface area contributed by atoms with Crippen LogP contribution in [-0.2, 0) is 7.05 Å². The van der Waals surface area contributed by atoms with Gasteiger partial charge in [-0.3, -0.25) is 9.97 Å². The van der Waals surface area contributed by atoms with Crippen LogP contribution < -0.4 is 0 Å². The Morgan fingerprint density at radius 1 is 0.737 bits per heavy atom. The highest BCUT2D eigenvalue weighted by Gasteiger charge is 2.18. The van der Waals surface area contributed by atoms with E-state index in [1.54, 1.807) is 12.3 Å². The van der Waals surface area contributed by atoms with Crippen LogP contribution in [0.3, 0.4) is 0 Å². The summed E-state index contributed by atoms with van der Waals surface area (Å²) in [5, 5.41) is 10.5. The minimum absolute atomic E-state index is 0.109. The highest BCUT2D eigenvalue weighted by atomic mass is 16.3. The lowest BCUT2D eigenvalue weighted by Crippen LogP contribution is -1.93. The Hall–Kier alpha value is -4.77. The number of nitrogens with zero attached hydrogens (tertiary/aromatic N) is 4. The molecule has 3 aromatic carbocycles. The number of hydrogen-bond donors (Lipinski definition) is 1. The molecule has 0 aliphatic carbocycles. The first-order valence-corrected chi connectivity index (χ1v) is 12.6. The van der Waals surface area contributed by atoms with E-state index in [4.69, 9.17) is 4.98 Å². The van der Waals surface area contributed by atoms with E-state index in [0.717, 1.165) is 39.0 Å². The lowest BCUT2D eigenvalue weighted by atomic mass is 9.89. The summed E-state index contributed by atoms with van der Waals surface area (Å²) in [6.45, 7) is 6.49. The number of pyridine rings is 2. The van der Waals surface area contributed by atoms with Gasteiger partial charge in [0.05, 0.1) is 28.5 Å². The number of rotatable bonds is 4. The van der Waals surface area contributed by atoms with Gasteiger partial charge in [-0.05, 0) is 91.1 Å². The standard InChI is InChI=1S/C33H28N4O/c1-20-14-21(2)31(22(3)15-20)25-17-23(16-24(18-25)28-9-5-6-12-35-28)26-8-7-10-29-32(26)36-33(37(29)4)27-11-13-34-19-30(27)38/h5-19,38H,1-4H3. The largest absolute Gasteiger partial charge is 0.506 e. The van der Waals surface area contributed by atoms with Gasteiger partial charge in [0.25, 0.3) is 0 Å². The second-order valence-electron chi connectivity index (χ2n) is 9.85. The molecule has 5 nitrogen and oxygen atoms in total. The molecule has 0 atom stereocenters. The van der Waals surface area contributed by atoms with Crippen LogP contribution in [0.15, 0.2) is 91.4 Å². The van der Waals surface area contributed by atoms with Crippen LogP contribution in [-0.4, -0.2) is 24.6 Å². The summed E-state index contributed by atoms with van der Waals surface area (Å²) in [6.07, 6.45) is 4.95. The second kappa shape index (κ2) is 9.27. The lowest BCUT2D eigenvalue weighted by Gasteiger charge is -2.15. The van der Waals surface area contributed by atoms with Gasteiger partial charge in [0.1, 0.15) is 11.6 Å². The topological polar surface area (TPSA) is 63.8 Å². The van der Waals surface area contributed by atoms with Crippen molar-refractivity contribution in [2.45, 2.75) is 20.8 Å². The summed E-state index contributed by atoms with van der Waals surface area (Å²) in [5.41, 5.74) is 12.7. The number of aromatic nitrogens is 4. The van der Waals surface area contributed by atoms with Crippen LogP contribution >= 0.6 is 0 Å². The van der Waals surface area contributed by atoms with E-state index < -0.39 is 0 Å². The fourth-order valence-electron chi connectivity index (χ4n) is 5.51. The third kappa shape index (κ3) is 4.02. The predicted octanol–water partition coefficient (Wildman–Crippen LogP) is 7.66. The van der Waals surface area contributed by atoms with Crippen LogP contribution in [0.25, 0.3) is 55.9 Å². The molecule has 0 aliphatic heterocycles. The van der Waals surface area contributed by atoms with Crippen LogP contribution in [0.5, 0.6) is 5.75 Å². The van der Waals surface area contributed by atoms with Gasteiger partial charge in [0.2, 0.25) is 0 Å². The average molecular weight is 497 g/mol. The molecule has 5 heteroatoms. The SMILES string of the molecule is Cc1cc(C)c(-c2cc(-c3ccccn3)cc(-c3cccc4c3nc(-c3ccncc3O)n4C)c2)c(C)c1. The minimum atomic E-state index is 0.109. The third-order valence-electron chi connectivity index (χ3n) is 7.12. The molecule has 0 saturated heterocycles. The predicted molar refractivity (Wildman–Crippen MR) is 154 cm³/mol. The zero-order chi connectivity index (χ0) is 26.4. The normalized spacial score (nSPS) is 11.3. The molecular formula is C33H28N4O. The van der Waals surface area contributed by atoms with Gasteiger partial charge < -0.3 is 9.67 Å². The Bertz CT molecular complexity index is 1800. The number of hydrogen-bond acceptors (Lipinski definition) is 4. The first-order valence-electron chi connectivity index (χ1n) is 12.6. The Morgan fingerprint density at radius 3 is 2.24 bits per heavy atom. The molecule has 38 heavy (non-hydrogen) atoms. The average Bonchev–Trinajstić information content (AvgIpc) is 3.25.